The number of hydrogen-bond donors (Lipinski definition) is 2. The Bertz CT molecular complexity index is 937. The van der Waals surface area contributed by atoms with Crippen LogP contribution >= 0.6 is 0 Å². The van der Waals surface area contributed by atoms with E-state index >= 15 is 0 Å². The van der Waals surface area contributed by atoms with Gasteiger partial charge >= 0.3 is 0 Å². The topological polar surface area (TPSA) is 61.4 Å². The SMILES string of the molecule is CCCOc1ccc(CN2CCc3[nH]nc(-c4ccccc4)c3CC2)cc1CO. The maximum absolute atomic E-state index is 9.72. The predicted molar refractivity (Wildman–Crippen MR) is 115 cm³/mol. The third kappa shape index (κ3) is 4.52. The molecule has 1 aliphatic heterocycles. The average Bonchev–Trinajstić information content (AvgIpc) is 3.07. The van der Waals surface area contributed by atoms with Gasteiger partial charge in [-0.05, 0) is 30.5 Å². The van der Waals surface area contributed by atoms with Gasteiger partial charge in [-0.25, -0.2) is 0 Å². The van der Waals surface area contributed by atoms with Gasteiger partial charge in [-0.2, -0.15) is 5.10 Å². The lowest BCUT2D eigenvalue weighted by atomic mass is 10.0. The molecule has 1 aliphatic rings. The molecule has 3 aromatic rings. The Kier molecular flexibility index (Phi) is 6.27. The van der Waals surface area contributed by atoms with Crippen LogP contribution in [-0.2, 0) is 26.0 Å². The highest BCUT2D eigenvalue weighted by Crippen LogP contribution is 2.27. The fourth-order valence-corrected chi connectivity index (χ4v) is 3.99. The van der Waals surface area contributed by atoms with Crippen molar-refractivity contribution in [1.29, 1.82) is 0 Å². The van der Waals surface area contributed by atoms with E-state index in [1.165, 1.54) is 22.4 Å². The van der Waals surface area contributed by atoms with E-state index in [2.05, 4.69) is 58.4 Å². The molecule has 5 heteroatoms. The molecule has 0 saturated heterocycles. The minimum Gasteiger partial charge on any atom is -0.493 e. The van der Waals surface area contributed by atoms with Gasteiger partial charge in [0.1, 0.15) is 5.75 Å². The lowest BCUT2D eigenvalue weighted by molar-refractivity contribution is 0.260. The van der Waals surface area contributed by atoms with Crippen molar-refractivity contribution in [3.05, 3.63) is 70.9 Å². The van der Waals surface area contributed by atoms with Crippen molar-refractivity contribution >= 4 is 0 Å². The van der Waals surface area contributed by atoms with Crippen LogP contribution in [0, 0.1) is 0 Å². The number of nitrogens with one attached hydrogen (secondary N) is 1. The number of ether oxygens (including phenoxy) is 1. The van der Waals surface area contributed by atoms with Gasteiger partial charge in [0, 0.05) is 48.4 Å². The van der Waals surface area contributed by atoms with Crippen LogP contribution in [0.25, 0.3) is 11.3 Å². The Balaban J connectivity index is 1.45. The minimum atomic E-state index is 0.00353. The Hall–Kier alpha value is -2.63. The van der Waals surface area contributed by atoms with E-state index in [9.17, 15) is 5.11 Å². The zero-order valence-electron chi connectivity index (χ0n) is 17.0. The van der Waals surface area contributed by atoms with Gasteiger partial charge in [0.2, 0.25) is 0 Å². The number of H-pyrrole nitrogens is 1. The highest BCUT2D eigenvalue weighted by atomic mass is 16.5. The summed E-state index contributed by atoms with van der Waals surface area (Å²) in [4.78, 5) is 2.48. The molecule has 0 unspecified atom stereocenters. The van der Waals surface area contributed by atoms with E-state index in [0.717, 1.165) is 55.9 Å². The summed E-state index contributed by atoms with van der Waals surface area (Å²) < 4.78 is 5.74. The molecule has 0 fully saturated rings. The maximum atomic E-state index is 9.72. The van der Waals surface area contributed by atoms with Crippen LogP contribution in [-0.4, -0.2) is 39.9 Å². The number of nitrogens with zero attached hydrogens (tertiary/aromatic N) is 2. The third-order valence-electron chi connectivity index (χ3n) is 5.52. The van der Waals surface area contributed by atoms with Crippen LogP contribution in [0.1, 0.15) is 35.7 Å². The first kappa shape index (κ1) is 19.7. The zero-order chi connectivity index (χ0) is 20.1. The molecular weight excluding hydrogens is 362 g/mol. The molecule has 0 spiro atoms. The number of aromatic nitrogens is 2. The standard InChI is InChI=1S/C24H29N3O2/c1-2-14-29-23-9-8-18(15-20(23)17-28)16-27-12-10-21-22(11-13-27)25-26-24(21)19-6-4-3-5-7-19/h3-9,15,28H,2,10-14,16-17H2,1H3,(H,25,26). The number of fused-ring (bicyclic) bond motifs is 1. The number of hydrogen-bond acceptors (Lipinski definition) is 4. The van der Waals surface area contributed by atoms with Crippen molar-refractivity contribution in [2.24, 2.45) is 0 Å². The Morgan fingerprint density at radius 1 is 1.10 bits per heavy atom. The monoisotopic (exact) mass is 391 g/mol. The molecule has 1 aromatic heterocycles. The number of aromatic amines is 1. The van der Waals surface area contributed by atoms with Crippen LogP contribution in [0.5, 0.6) is 5.75 Å². The molecule has 2 N–H and O–H groups in total. The van der Waals surface area contributed by atoms with Crippen LogP contribution in [0.4, 0.5) is 0 Å². The Labute approximate surface area is 172 Å². The fourth-order valence-electron chi connectivity index (χ4n) is 3.99. The van der Waals surface area contributed by atoms with E-state index in [-0.39, 0.29) is 6.61 Å². The molecule has 2 heterocycles. The van der Waals surface area contributed by atoms with Gasteiger partial charge in [0.25, 0.3) is 0 Å². The summed E-state index contributed by atoms with van der Waals surface area (Å²) in [7, 11) is 0. The maximum Gasteiger partial charge on any atom is 0.124 e. The summed E-state index contributed by atoms with van der Waals surface area (Å²) in [5.41, 5.74) is 6.94. The van der Waals surface area contributed by atoms with Gasteiger partial charge in [0.05, 0.1) is 18.9 Å². The molecule has 0 aliphatic carbocycles. The smallest absolute Gasteiger partial charge is 0.124 e. The minimum absolute atomic E-state index is 0.00353. The van der Waals surface area contributed by atoms with Gasteiger partial charge in [0.15, 0.2) is 0 Å². The average molecular weight is 392 g/mol. The van der Waals surface area contributed by atoms with Crippen LogP contribution in [0.2, 0.25) is 0 Å². The summed E-state index contributed by atoms with van der Waals surface area (Å²) in [6.07, 6.45) is 2.92. The largest absolute Gasteiger partial charge is 0.493 e. The van der Waals surface area contributed by atoms with Crippen molar-refractivity contribution in [2.45, 2.75) is 39.3 Å². The summed E-state index contributed by atoms with van der Waals surface area (Å²) in [5, 5.41) is 17.6. The number of aliphatic hydroxyl groups excluding tert-OH is 1. The van der Waals surface area contributed by atoms with E-state index in [1.807, 2.05) is 12.1 Å². The molecule has 29 heavy (non-hydrogen) atoms. The lowest BCUT2D eigenvalue weighted by Crippen LogP contribution is -2.26. The van der Waals surface area contributed by atoms with Gasteiger partial charge < -0.3 is 9.84 Å². The van der Waals surface area contributed by atoms with E-state index in [1.54, 1.807) is 0 Å². The number of rotatable bonds is 7. The van der Waals surface area contributed by atoms with Crippen LogP contribution < -0.4 is 4.74 Å². The molecule has 0 amide bonds. The van der Waals surface area contributed by atoms with Crippen molar-refractivity contribution in [3.63, 3.8) is 0 Å². The quantitative estimate of drug-likeness (QED) is 0.640. The highest BCUT2D eigenvalue weighted by Gasteiger charge is 2.20. The summed E-state index contributed by atoms with van der Waals surface area (Å²) in [5.74, 6) is 0.794. The number of benzene rings is 2. The molecule has 152 valence electrons. The normalized spacial score (nSPS) is 14.4. The first-order chi connectivity index (χ1) is 14.3. The van der Waals surface area contributed by atoms with E-state index in [0.29, 0.717) is 6.61 Å². The van der Waals surface area contributed by atoms with Crippen LogP contribution in [0.15, 0.2) is 48.5 Å². The molecule has 0 radical (unpaired) electrons. The molecule has 0 saturated carbocycles. The number of aliphatic hydroxyl groups is 1. The van der Waals surface area contributed by atoms with E-state index in [4.69, 9.17) is 4.74 Å². The Morgan fingerprint density at radius 3 is 2.72 bits per heavy atom. The summed E-state index contributed by atoms with van der Waals surface area (Å²) >= 11 is 0. The second-order valence-corrected chi connectivity index (χ2v) is 7.62. The molecule has 2 aromatic carbocycles. The Morgan fingerprint density at radius 2 is 1.93 bits per heavy atom. The van der Waals surface area contributed by atoms with E-state index < -0.39 is 0 Å². The van der Waals surface area contributed by atoms with Crippen molar-refractivity contribution in [3.8, 4) is 17.0 Å². The summed E-state index contributed by atoms with van der Waals surface area (Å²) in [6, 6.07) is 16.6. The molecule has 5 nitrogen and oxygen atoms in total. The van der Waals surface area contributed by atoms with Crippen molar-refractivity contribution < 1.29 is 9.84 Å². The molecule has 4 rings (SSSR count). The van der Waals surface area contributed by atoms with Gasteiger partial charge in [-0.15, -0.1) is 0 Å². The van der Waals surface area contributed by atoms with Crippen LogP contribution in [0.3, 0.4) is 0 Å². The lowest BCUT2D eigenvalue weighted by Gasteiger charge is -2.21. The highest BCUT2D eigenvalue weighted by molar-refractivity contribution is 5.64. The first-order valence-electron chi connectivity index (χ1n) is 10.5. The third-order valence-corrected chi connectivity index (χ3v) is 5.52. The second kappa shape index (κ2) is 9.25. The van der Waals surface area contributed by atoms with Crippen molar-refractivity contribution in [1.82, 2.24) is 15.1 Å². The summed E-state index contributed by atoms with van der Waals surface area (Å²) in [6.45, 7) is 5.62. The van der Waals surface area contributed by atoms with Gasteiger partial charge in [-0.1, -0.05) is 43.3 Å². The fraction of sp³-hybridized carbons (Fsp3) is 0.375. The van der Waals surface area contributed by atoms with Gasteiger partial charge in [-0.3, -0.25) is 10.00 Å². The predicted octanol–water partition coefficient (Wildman–Crippen LogP) is 3.96. The van der Waals surface area contributed by atoms with Crippen molar-refractivity contribution in [2.75, 3.05) is 19.7 Å². The zero-order valence-corrected chi connectivity index (χ0v) is 17.0. The molecule has 0 bridgehead atoms. The first-order valence-corrected chi connectivity index (χ1v) is 10.5. The second-order valence-electron chi connectivity index (χ2n) is 7.62. The molecule has 0 atom stereocenters. The molecular formula is C24H29N3O2.